The summed E-state index contributed by atoms with van der Waals surface area (Å²) in [4.78, 5) is 12.0. The quantitative estimate of drug-likeness (QED) is 0.847. The van der Waals surface area contributed by atoms with E-state index >= 15 is 0 Å². The Bertz CT molecular complexity index is 438. The second-order valence-electron chi connectivity index (χ2n) is 5.35. The van der Waals surface area contributed by atoms with Crippen molar-refractivity contribution in [3.05, 3.63) is 35.4 Å². The Kier molecular flexibility index (Phi) is 3.33. The molecule has 2 atom stereocenters. The van der Waals surface area contributed by atoms with Crippen LogP contribution < -0.4 is 10.6 Å². The molecule has 1 aromatic carbocycles. The summed E-state index contributed by atoms with van der Waals surface area (Å²) in [6, 6.07) is 8.55. The van der Waals surface area contributed by atoms with Crippen LogP contribution in [0.1, 0.15) is 36.3 Å². The minimum Gasteiger partial charge on any atom is -0.354 e. The van der Waals surface area contributed by atoms with E-state index in [9.17, 15) is 4.79 Å². The first-order valence-corrected chi connectivity index (χ1v) is 6.93. The van der Waals surface area contributed by atoms with Crippen molar-refractivity contribution >= 4 is 5.91 Å². The van der Waals surface area contributed by atoms with Crippen molar-refractivity contribution in [2.24, 2.45) is 0 Å². The van der Waals surface area contributed by atoms with E-state index in [0.29, 0.717) is 5.92 Å². The number of fused-ring (bicyclic) bond motifs is 1. The van der Waals surface area contributed by atoms with E-state index in [2.05, 4.69) is 34.9 Å². The Hall–Kier alpha value is -1.35. The monoisotopic (exact) mass is 244 g/mol. The number of hydrogen-bond donors (Lipinski definition) is 2. The maximum atomic E-state index is 12.0. The van der Waals surface area contributed by atoms with Gasteiger partial charge in [-0.05, 0) is 36.9 Å². The molecule has 3 rings (SSSR count). The molecule has 0 saturated carbocycles. The number of benzene rings is 1. The van der Waals surface area contributed by atoms with E-state index in [1.807, 2.05) is 0 Å². The molecule has 0 radical (unpaired) electrons. The van der Waals surface area contributed by atoms with Crippen LogP contribution in [0.3, 0.4) is 0 Å². The van der Waals surface area contributed by atoms with Gasteiger partial charge in [0.05, 0.1) is 6.04 Å². The summed E-state index contributed by atoms with van der Waals surface area (Å²) >= 11 is 0. The van der Waals surface area contributed by atoms with E-state index in [0.717, 1.165) is 32.4 Å². The molecule has 1 heterocycles. The van der Waals surface area contributed by atoms with Gasteiger partial charge >= 0.3 is 0 Å². The first kappa shape index (κ1) is 11.7. The van der Waals surface area contributed by atoms with E-state index in [4.69, 9.17) is 0 Å². The molecule has 1 aliphatic carbocycles. The molecule has 0 aromatic heterocycles. The minimum atomic E-state index is 0.0362. The van der Waals surface area contributed by atoms with Crippen molar-refractivity contribution in [1.82, 2.24) is 10.6 Å². The lowest BCUT2D eigenvalue weighted by molar-refractivity contribution is -0.123. The Balaban J connectivity index is 1.49. The normalized spacial score (nSPS) is 26.0. The molecule has 1 saturated heterocycles. The van der Waals surface area contributed by atoms with Crippen molar-refractivity contribution in [2.75, 3.05) is 13.1 Å². The number of carbonyl (C=O) groups is 1. The third kappa shape index (κ3) is 2.27. The summed E-state index contributed by atoms with van der Waals surface area (Å²) in [5.74, 6) is 0.702. The summed E-state index contributed by atoms with van der Waals surface area (Å²) in [5, 5.41) is 6.38. The molecule has 0 unspecified atom stereocenters. The Labute approximate surface area is 108 Å². The molecule has 1 aliphatic heterocycles. The van der Waals surface area contributed by atoms with E-state index in [-0.39, 0.29) is 11.9 Å². The average Bonchev–Trinajstić information content (AvgIpc) is 2.40. The van der Waals surface area contributed by atoms with Crippen LogP contribution in [0.5, 0.6) is 0 Å². The molecular weight excluding hydrogens is 224 g/mol. The van der Waals surface area contributed by atoms with E-state index < -0.39 is 0 Å². The van der Waals surface area contributed by atoms with Crippen molar-refractivity contribution < 1.29 is 4.79 Å². The fourth-order valence-electron chi connectivity index (χ4n) is 2.97. The summed E-state index contributed by atoms with van der Waals surface area (Å²) in [6.07, 6.45) is 4.44. The summed E-state index contributed by atoms with van der Waals surface area (Å²) in [7, 11) is 0. The third-order valence-corrected chi connectivity index (χ3v) is 4.11. The Morgan fingerprint density at radius 3 is 3.00 bits per heavy atom. The van der Waals surface area contributed by atoms with Crippen molar-refractivity contribution in [2.45, 2.75) is 37.6 Å². The predicted molar refractivity (Wildman–Crippen MR) is 71.5 cm³/mol. The lowest BCUT2D eigenvalue weighted by Crippen LogP contribution is -2.48. The van der Waals surface area contributed by atoms with Gasteiger partial charge in [-0.25, -0.2) is 0 Å². The van der Waals surface area contributed by atoms with Crippen LogP contribution in [0.2, 0.25) is 0 Å². The molecule has 2 aliphatic rings. The van der Waals surface area contributed by atoms with Crippen LogP contribution in [0, 0.1) is 0 Å². The van der Waals surface area contributed by atoms with Crippen LogP contribution in [-0.4, -0.2) is 25.0 Å². The first-order valence-electron chi connectivity index (χ1n) is 6.93. The Morgan fingerprint density at radius 1 is 1.33 bits per heavy atom. The standard InChI is InChI=1S/C15H20N2O/c18-15(14-7-3-4-8-16-14)17-10-12-9-11-5-1-2-6-13(11)12/h1-2,5-6,12,14,16H,3-4,7-10H2,(H,17,18)/t12-,14-/m1/s1. The van der Waals surface area contributed by atoms with Gasteiger partial charge in [0.1, 0.15) is 0 Å². The van der Waals surface area contributed by atoms with Crippen LogP contribution in [0.4, 0.5) is 0 Å². The lowest BCUT2D eigenvalue weighted by atomic mass is 9.77. The zero-order chi connectivity index (χ0) is 12.4. The van der Waals surface area contributed by atoms with Crippen molar-refractivity contribution in [3.8, 4) is 0 Å². The molecule has 1 amide bonds. The fourth-order valence-corrected chi connectivity index (χ4v) is 2.97. The zero-order valence-corrected chi connectivity index (χ0v) is 10.6. The molecule has 3 nitrogen and oxygen atoms in total. The maximum Gasteiger partial charge on any atom is 0.237 e. The highest BCUT2D eigenvalue weighted by molar-refractivity contribution is 5.81. The number of piperidine rings is 1. The van der Waals surface area contributed by atoms with Gasteiger partial charge in [0.2, 0.25) is 5.91 Å². The van der Waals surface area contributed by atoms with Gasteiger partial charge in [0.25, 0.3) is 0 Å². The van der Waals surface area contributed by atoms with Gasteiger partial charge in [-0.3, -0.25) is 4.79 Å². The molecule has 0 bridgehead atoms. The number of carbonyl (C=O) groups excluding carboxylic acids is 1. The van der Waals surface area contributed by atoms with Gasteiger partial charge in [0.15, 0.2) is 0 Å². The van der Waals surface area contributed by atoms with Crippen LogP contribution in [0.25, 0.3) is 0 Å². The smallest absolute Gasteiger partial charge is 0.237 e. The van der Waals surface area contributed by atoms with Gasteiger partial charge in [-0.2, -0.15) is 0 Å². The number of amides is 1. The number of rotatable bonds is 3. The van der Waals surface area contributed by atoms with E-state index in [1.165, 1.54) is 17.5 Å². The highest BCUT2D eigenvalue weighted by Gasteiger charge is 2.27. The van der Waals surface area contributed by atoms with Crippen molar-refractivity contribution in [1.29, 1.82) is 0 Å². The third-order valence-electron chi connectivity index (χ3n) is 4.11. The molecule has 96 valence electrons. The second kappa shape index (κ2) is 5.11. The topological polar surface area (TPSA) is 41.1 Å². The molecular formula is C15H20N2O. The van der Waals surface area contributed by atoms with Gasteiger partial charge in [0, 0.05) is 12.5 Å². The van der Waals surface area contributed by atoms with E-state index in [1.54, 1.807) is 0 Å². The number of nitrogens with one attached hydrogen (secondary N) is 2. The fraction of sp³-hybridized carbons (Fsp3) is 0.533. The van der Waals surface area contributed by atoms with Gasteiger partial charge in [-0.15, -0.1) is 0 Å². The maximum absolute atomic E-state index is 12.0. The largest absolute Gasteiger partial charge is 0.354 e. The summed E-state index contributed by atoms with van der Waals surface area (Å²) in [5.41, 5.74) is 2.85. The zero-order valence-electron chi connectivity index (χ0n) is 10.6. The second-order valence-corrected chi connectivity index (χ2v) is 5.35. The van der Waals surface area contributed by atoms with Crippen LogP contribution in [-0.2, 0) is 11.2 Å². The average molecular weight is 244 g/mol. The predicted octanol–water partition coefficient (Wildman–Crippen LogP) is 1.58. The van der Waals surface area contributed by atoms with Crippen LogP contribution in [0.15, 0.2) is 24.3 Å². The van der Waals surface area contributed by atoms with Gasteiger partial charge in [-0.1, -0.05) is 30.7 Å². The number of hydrogen-bond acceptors (Lipinski definition) is 2. The SMILES string of the molecule is O=C(NC[C@H]1Cc2ccccc21)[C@H]1CCCCN1. The minimum absolute atomic E-state index is 0.0362. The summed E-state index contributed by atoms with van der Waals surface area (Å²) < 4.78 is 0. The first-order chi connectivity index (χ1) is 8.84. The van der Waals surface area contributed by atoms with Crippen LogP contribution >= 0.6 is 0 Å². The molecule has 2 N–H and O–H groups in total. The van der Waals surface area contributed by atoms with Crippen molar-refractivity contribution in [3.63, 3.8) is 0 Å². The van der Waals surface area contributed by atoms with Gasteiger partial charge < -0.3 is 10.6 Å². The summed E-state index contributed by atoms with van der Waals surface area (Å²) in [6.45, 7) is 1.76. The molecule has 18 heavy (non-hydrogen) atoms. The molecule has 1 aromatic rings. The highest BCUT2D eigenvalue weighted by Crippen LogP contribution is 2.33. The highest BCUT2D eigenvalue weighted by atomic mass is 16.2. The molecule has 3 heteroatoms. The lowest BCUT2D eigenvalue weighted by Gasteiger charge is -2.31. The molecule has 0 spiro atoms. The molecule has 1 fully saturated rings. The Morgan fingerprint density at radius 2 is 2.22 bits per heavy atom.